The van der Waals surface area contributed by atoms with Gasteiger partial charge in [-0.2, -0.15) is 4.98 Å². The van der Waals surface area contributed by atoms with E-state index in [1.165, 1.54) is 0 Å². The minimum atomic E-state index is -0.241. The number of fused-ring (bicyclic) bond motifs is 2. The van der Waals surface area contributed by atoms with Crippen LogP contribution in [0.25, 0.3) is 27.9 Å². The minimum absolute atomic E-state index is 0.0274. The molecule has 1 amide bonds. The normalized spacial score (nSPS) is 20.0. The van der Waals surface area contributed by atoms with E-state index in [0.717, 1.165) is 29.7 Å². The second-order valence-corrected chi connectivity index (χ2v) is 8.33. The molecule has 3 aromatic heterocycles. The predicted octanol–water partition coefficient (Wildman–Crippen LogP) is 1.62. The number of hydrogen-bond acceptors (Lipinski definition) is 7. The first-order valence-corrected chi connectivity index (χ1v) is 10.4. The van der Waals surface area contributed by atoms with Crippen LogP contribution in [0.15, 0.2) is 47.1 Å². The van der Waals surface area contributed by atoms with Crippen molar-refractivity contribution >= 4 is 28.7 Å². The molecule has 9 heteroatoms. The van der Waals surface area contributed by atoms with Gasteiger partial charge in [0.15, 0.2) is 5.58 Å². The number of β-amino-alcohol motifs (C(OH)–C–C–N with tert-alkyl or cyclic N) is 1. The molecule has 5 heterocycles. The third kappa shape index (κ3) is 3.05. The number of amides is 1. The highest BCUT2D eigenvalue weighted by Crippen LogP contribution is 2.27. The standard InChI is InChI=1S/C22H22N6O3/c23-22-25-17-7-13(1-3-19(17)31-22)14-2-4-20-24-8-18(28(20)9-14)21(30)27-10-15(11-27)26-6-5-16(29)12-26/h1-4,7-9,15-16,29H,5-6,10-12H2,(H2,23,25)/t16-/m0/s1. The van der Waals surface area contributed by atoms with Gasteiger partial charge in [-0.3, -0.25) is 14.1 Å². The van der Waals surface area contributed by atoms with Gasteiger partial charge in [-0.15, -0.1) is 0 Å². The molecule has 0 radical (unpaired) electrons. The monoisotopic (exact) mass is 418 g/mol. The number of nitrogens with zero attached hydrogens (tertiary/aromatic N) is 5. The summed E-state index contributed by atoms with van der Waals surface area (Å²) in [6.07, 6.45) is 4.13. The van der Waals surface area contributed by atoms with Crippen molar-refractivity contribution in [3.8, 4) is 11.1 Å². The Labute approximate surface area is 177 Å². The number of carbonyl (C=O) groups is 1. The lowest BCUT2D eigenvalue weighted by atomic mass is 10.1. The molecule has 158 valence electrons. The largest absolute Gasteiger partial charge is 0.424 e. The molecule has 2 saturated heterocycles. The van der Waals surface area contributed by atoms with Crippen LogP contribution in [0.2, 0.25) is 0 Å². The number of aliphatic hydroxyl groups is 1. The predicted molar refractivity (Wildman–Crippen MR) is 114 cm³/mol. The van der Waals surface area contributed by atoms with Crippen LogP contribution in [-0.4, -0.2) is 73.5 Å². The van der Waals surface area contributed by atoms with E-state index in [-0.39, 0.29) is 18.0 Å². The number of carbonyl (C=O) groups excluding carboxylic acids is 1. The molecule has 0 aliphatic carbocycles. The fourth-order valence-electron chi connectivity index (χ4n) is 4.55. The first-order valence-electron chi connectivity index (χ1n) is 10.4. The molecule has 1 aromatic carbocycles. The van der Waals surface area contributed by atoms with Crippen molar-refractivity contribution in [2.75, 3.05) is 31.9 Å². The fraction of sp³-hybridized carbons (Fsp3) is 0.318. The van der Waals surface area contributed by atoms with Crippen molar-refractivity contribution in [3.05, 3.63) is 48.4 Å². The number of benzene rings is 1. The van der Waals surface area contributed by atoms with Crippen LogP contribution >= 0.6 is 0 Å². The van der Waals surface area contributed by atoms with Gasteiger partial charge >= 0.3 is 0 Å². The zero-order valence-corrected chi connectivity index (χ0v) is 16.8. The van der Waals surface area contributed by atoms with Gasteiger partial charge < -0.3 is 20.2 Å². The molecule has 0 spiro atoms. The molecule has 2 aliphatic rings. The Bertz CT molecular complexity index is 1310. The molecule has 3 N–H and O–H groups in total. The number of likely N-dealkylation sites (tertiary alicyclic amines) is 2. The molecule has 31 heavy (non-hydrogen) atoms. The van der Waals surface area contributed by atoms with Crippen molar-refractivity contribution in [2.45, 2.75) is 18.6 Å². The number of rotatable bonds is 3. The Kier molecular flexibility index (Phi) is 4.02. The number of aliphatic hydroxyl groups excluding tert-OH is 1. The van der Waals surface area contributed by atoms with Gasteiger partial charge in [-0.05, 0) is 41.8 Å². The van der Waals surface area contributed by atoms with Gasteiger partial charge in [-0.25, -0.2) is 4.98 Å². The number of oxazole rings is 1. The van der Waals surface area contributed by atoms with Crippen LogP contribution < -0.4 is 5.73 Å². The lowest BCUT2D eigenvalue weighted by molar-refractivity contribution is 0.0293. The number of imidazole rings is 1. The van der Waals surface area contributed by atoms with Crippen LogP contribution in [0.5, 0.6) is 0 Å². The molecule has 0 saturated carbocycles. The van der Waals surface area contributed by atoms with Crippen molar-refractivity contribution < 1.29 is 14.3 Å². The molecule has 0 bridgehead atoms. The van der Waals surface area contributed by atoms with Crippen molar-refractivity contribution in [2.24, 2.45) is 0 Å². The SMILES string of the molecule is Nc1nc2cc(-c3ccc4ncc(C(=O)N5CC(N6CC[C@H](O)C6)C5)n4c3)ccc2o1. The van der Waals surface area contributed by atoms with Gasteiger partial charge in [0.25, 0.3) is 11.9 Å². The zero-order chi connectivity index (χ0) is 21.1. The summed E-state index contributed by atoms with van der Waals surface area (Å²) in [7, 11) is 0. The van der Waals surface area contributed by atoms with E-state index in [0.29, 0.717) is 42.5 Å². The van der Waals surface area contributed by atoms with E-state index in [4.69, 9.17) is 10.2 Å². The Morgan fingerprint density at radius 1 is 1.16 bits per heavy atom. The Balaban J connectivity index is 1.26. The van der Waals surface area contributed by atoms with E-state index in [2.05, 4.69) is 14.9 Å². The van der Waals surface area contributed by atoms with Crippen molar-refractivity contribution in [1.29, 1.82) is 0 Å². The quantitative estimate of drug-likeness (QED) is 0.520. The first kappa shape index (κ1) is 18.3. The number of nitrogens with two attached hydrogens (primary N) is 1. The van der Waals surface area contributed by atoms with Gasteiger partial charge in [0.05, 0.1) is 12.3 Å². The zero-order valence-electron chi connectivity index (χ0n) is 16.8. The molecule has 2 fully saturated rings. The van der Waals surface area contributed by atoms with Gasteiger partial charge in [0.2, 0.25) is 0 Å². The summed E-state index contributed by atoms with van der Waals surface area (Å²) >= 11 is 0. The van der Waals surface area contributed by atoms with E-state index in [1.807, 2.05) is 45.8 Å². The molecular weight excluding hydrogens is 396 g/mol. The molecular formula is C22H22N6O3. The Morgan fingerprint density at radius 2 is 2.00 bits per heavy atom. The second-order valence-electron chi connectivity index (χ2n) is 8.33. The number of anilines is 1. The third-order valence-electron chi connectivity index (χ3n) is 6.32. The van der Waals surface area contributed by atoms with Gasteiger partial charge in [-0.1, -0.05) is 6.07 Å². The smallest absolute Gasteiger partial charge is 0.292 e. The number of pyridine rings is 1. The summed E-state index contributed by atoms with van der Waals surface area (Å²) in [5.41, 5.74) is 10.1. The summed E-state index contributed by atoms with van der Waals surface area (Å²) in [5, 5.41) is 9.74. The van der Waals surface area contributed by atoms with Gasteiger partial charge in [0, 0.05) is 38.4 Å². The van der Waals surface area contributed by atoms with Crippen LogP contribution in [-0.2, 0) is 0 Å². The summed E-state index contributed by atoms with van der Waals surface area (Å²) < 4.78 is 7.19. The summed E-state index contributed by atoms with van der Waals surface area (Å²) in [5.74, 6) is -0.0274. The van der Waals surface area contributed by atoms with Gasteiger partial charge in [0.1, 0.15) is 16.9 Å². The Morgan fingerprint density at radius 3 is 2.81 bits per heavy atom. The highest BCUT2D eigenvalue weighted by molar-refractivity contribution is 5.94. The molecule has 0 unspecified atom stereocenters. The van der Waals surface area contributed by atoms with Crippen molar-refractivity contribution in [3.63, 3.8) is 0 Å². The van der Waals surface area contributed by atoms with E-state index >= 15 is 0 Å². The van der Waals surface area contributed by atoms with Crippen molar-refractivity contribution in [1.82, 2.24) is 24.2 Å². The van der Waals surface area contributed by atoms with E-state index in [1.54, 1.807) is 6.20 Å². The summed E-state index contributed by atoms with van der Waals surface area (Å²) in [6, 6.07) is 10.0. The summed E-state index contributed by atoms with van der Waals surface area (Å²) in [4.78, 5) is 25.8. The van der Waals surface area contributed by atoms with Crippen LogP contribution in [0, 0.1) is 0 Å². The summed E-state index contributed by atoms with van der Waals surface area (Å²) in [6.45, 7) is 2.97. The molecule has 1 atom stereocenters. The van der Waals surface area contributed by atoms with E-state index in [9.17, 15) is 9.90 Å². The third-order valence-corrected chi connectivity index (χ3v) is 6.32. The fourth-order valence-corrected chi connectivity index (χ4v) is 4.55. The maximum absolute atomic E-state index is 13.1. The minimum Gasteiger partial charge on any atom is -0.424 e. The van der Waals surface area contributed by atoms with Crippen LogP contribution in [0.4, 0.5) is 6.01 Å². The lowest BCUT2D eigenvalue weighted by Crippen LogP contribution is -2.60. The molecule has 9 nitrogen and oxygen atoms in total. The highest BCUT2D eigenvalue weighted by Gasteiger charge is 2.38. The maximum Gasteiger partial charge on any atom is 0.292 e. The number of hydrogen-bond donors (Lipinski definition) is 2. The number of nitrogen functional groups attached to an aromatic ring is 1. The first-order chi connectivity index (χ1) is 15.0. The van der Waals surface area contributed by atoms with Crippen LogP contribution in [0.3, 0.4) is 0 Å². The molecule has 4 aromatic rings. The lowest BCUT2D eigenvalue weighted by Gasteiger charge is -2.43. The average Bonchev–Trinajstić information content (AvgIpc) is 3.42. The second kappa shape index (κ2) is 6.79. The number of aromatic nitrogens is 3. The molecule has 6 rings (SSSR count). The highest BCUT2D eigenvalue weighted by atomic mass is 16.4. The average molecular weight is 418 g/mol. The topological polar surface area (TPSA) is 113 Å². The van der Waals surface area contributed by atoms with Crippen LogP contribution in [0.1, 0.15) is 16.9 Å². The maximum atomic E-state index is 13.1. The Hall–Kier alpha value is -3.43. The van der Waals surface area contributed by atoms with E-state index < -0.39 is 0 Å². The molecule has 2 aliphatic heterocycles.